The lowest BCUT2D eigenvalue weighted by Crippen LogP contribution is -2.25. The lowest BCUT2D eigenvalue weighted by Gasteiger charge is -2.19. The number of halogens is 4. The number of rotatable bonds is 4. The van der Waals surface area contributed by atoms with E-state index in [1.54, 1.807) is 18.2 Å². The summed E-state index contributed by atoms with van der Waals surface area (Å²) in [6.07, 6.45) is -3.46. The van der Waals surface area contributed by atoms with Crippen LogP contribution in [0, 0.1) is 0 Å². The monoisotopic (exact) mass is 385 g/mol. The molecule has 1 unspecified atom stereocenters. The number of ether oxygens (including phenoxy) is 1. The molecule has 0 spiro atoms. The van der Waals surface area contributed by atoms with Gasteiger partial charge in [0.25, 0.3) is 0 Å². The summed E-state index contributed by atoms with van der Waals surface area (Å²) in [4.78, 5) is 17.0. The Bertz CT molecular complexity index is 829. The summed E-state index contributed by atoms with van der Waals surface area (Å²) in [7, 11) is 0. The molecule has 1 aliphatic rings. The van der Waals surface area contributed by atoms with E-state index in [1.165, 1.54) is 0 Å². The molecule has 1 atom stereocenters. The van der Waals surface area contributed by atoms with Gasteiger partial charge in [-0.25, -0.2) is 4.98 Å². The molecule has 2 aromatic rings. The molecule has 1 saturated heterocycles. The number of anilines is 1. The van der Waals surface area contributed by atoms with E-state index in [9.17, 15) is 18.0 Å². The Morgan fingerprint density at radius 1 is 1.35 bits per heavy atom. The van der Waals surface area contributed by atoms with Crippen molar-refractivity contribution >= 4 is 23.2 Å². The zero-order valence-electron chi connectivity index (χ0n) is 13.5. The number of hydrogen-bond donors (Lipinski definition) is 1. The van der Waals surface area contributed by atoms with Gasteiger partial charge >= 0.3 is 6.18 Å². The first-order chi connectivity index (χ1) is 12.2. The van der Waals surface area contributed by atoms with Crippen LogP contribution in [-0.2, 0) is 6.18 Å². The van der Waals surface area contributed by atoms with Gasteiger partial charge in [0.1, 0.15) is 11.1 Å². The van der Waals surface area contributed by atoms with Crippen LogP contribution in [0.1, 0.15) is 22.3 Å². The minimum Gasteiger partial charge on any atom is -0.471 e. The lowest BCUT2D eigenvalue weighted by atomic mass is 10.2. The number of hydrogen-bond acceptors (Lipinski definition) is 4. The smallest absolute Gasteiger partial charge is 0.417 e. The molecule has 138 valence electrons. The van der Waals surface area contributed by atoms with Crippen LogP contribution in [0.2, 0.25) is 5.02 Å². The summed E-state index contributed by atoms with van der Waals surface area (Å²) < 4.78 is 43.6. The molecule has 1 aliphatic heterocycles. The number of nitrogens with two attached hydrogens (primary N) is 1. The molecular weight excluding hydrogens is 371 g/mol. The summed E-state index contributed by atoms with van der Waals surface area (Å²) in [5, 5.41) is -0.186. The molecular formula is C17H15ClF3N3O2. The normalized spacial score (nSPS) is 17.4. The Morgan fingerprint density at radius 2 is 2.12 bits per heavy atom. The van der Waals surface area contributed by atoms with Crippen LogP contribution in [0.4, 0.5) is 18.9 Å². The van der Waals surface area contributed by atoms with Gasteiger partial charge in [-0.1, -0.05) is 17.7 Å². The van der Waals surface area contributed by atoms with Crippen molar-refractivity contribution in [1.29, 1.82) is 0 Å². The predicted molar refractivity (Wildman–Crippen MR) is 90.5 cm³/mol. The molecule has 1 fully saturated rings. The highest BCUT2D eigenvalue weighted by atomic mass is 35.5. The first-order valence-electron chi connectivity index (χ1n) is 7.78. The molecule has 1 amide bonds. The summed E-state index contributed by atoms with van der Waals surface area (Å²) in [6.45, 7) is 1.15. The second kappa shape index (κ2) is 7.03. The fraction of sp³-hybridized carbons (Fsp3) is 0.294. The summed E-state index contributed by atoms with van der Waals surface area (Å²) in [5.74, 6) is -0.544. The van der Waals surface area contributed by atoms with Gasteiger partial charge in [-0.05, 0) is 24.3 Å². The van der Waals surface area contributed by atoms with Crippen LogP contribution >= 0.6 is 11.6 Å². The predicted octanol–water partition coefficient (Wildman–Crippen LogP) is 3.51. The van der Waals surface area contributed by atoms with E-state index in [-0.39, 0.29) is 17.0 Å². The summed E-state index contributed by atoms with van der Waals surface area (Å²) >= 11 is 5.87. The molecule has 2 N–H and O–H groups in total. The van der Waals surface area contributed by atoms with E-state index in [2.05, 4.69) is 4.98 Å². The molecule has 1 aromatic carbocycles. The molecule has 2 heterocycles. The minimum atomic E-state index is -4.51. The topological polar surface area (TPSA) is 68.5 Å². The second-order valence-electron chi connectivity index (χ2n) is 5.90. The zero-order valence-corrected chi connectivity index (χ0v) is 14.2. The van der Waals surface area contributed by atoms with Crippen molar-refractivity contribution in [2.24, 2.45) is 5.73 Å². The van der Waals surface area contributed by atoms with Gasteiger partial charge in [0.2, 0.25) is 11.8 Å². The van der Waals surface area contributed by atoms with Crippen molar-refractivity contribution in [2.45, 2.75) is 18.7 Å². The molecule has 3 rings (SSSR count). The highest BCUT2D eigenvalue weighted by Crippen LogP contribution is 2.34. The Labute approximate surface area is 152 Å². The summed E-state index contributed by atoms with van der Waals surface area (Å²) in [5.41, 5.74) is 5.58. The third kappa shape index (κ3) is 4.01. The number of benzene rings is 1. The van der Waals surface area contributed by atoms with Gasteiger partial charge in [-0.3, -0.25) is 4.79 Å². The fourth-order valence-electron chi connectivity index (χ4n) is 2.74. The van der Waals surface area contributed by atoms with Crippen molar-refractivity contribution in [2.75, 3.05) is 18.0 Å². The van der Waals surface area contributed by atoms with Crippen LogP contribution in [0.3, 0.4) is 0 Å². The molecule has 0 bridgehead atoms. The fourth-order valence-corrected chi connectivity index (χ4v) is 2.95. The Hall–Kier alpha value is -2.48. The average Bonchev–Trinajstić information content (AvgIpc) is 3.04. The molecule has 0 aliphatic carbocycles. The van der Waals surface area contributed by atoms with Crippen LogP contribution in [0.5, 0.6) is 5.88 Å². The highest BCUT2D eigenvalue weighted by molar-refractivity contribution is 6.31. The summed E-state index contributed by atoms with van der Waals surface area (Å²) in [6, 6.07) is 7.69. The maximum atomic E-state index is 12.7. The van der Waals surface area contributed by atoms with Crippen molar-refractivity contribution in [1.82, 2.24) is 4.98 Å². The Morgan fingerprint density at radius 3 is 2.77 bits per heavy atom. The van der Waals surface area contributed by atoms with Crippen LogP contribution in [0.25, 0.3) is 0 Å². The van der Waals surface area contributed by atoms with Gasteiger partial charge in [0, 0.05) is 30.4 Å². The molecule has 0 radical (unpaired) electrons. The number of carbonyl (C=O) groups is 1. The standard InChI is InChI=1S/C17H15ClF3N3O2/c18-14-7-11(17(19,20)21)8-23-16(14)26-13-4-5-24(9-13)12-3-1-2-10(6-12)15(22)25/h1-3,6-8,13H,4-5,9H2,(H2,22,25). The van der Waals surface area contributed by atoms with Gasteiger partial charge < -0.3 is 15.4 Å². The van der Waals surface area contributed by atoms with Gasteiger partial charge in [0.15, 0.2) is 0 Å². The van der Waals surface area contributed by atoms with Gasteiger partial charge in [-0.2, -0.15) is 13.2 Å². The van der Waals surface area contributed by atoms with E-state index >= 15 is 0 Å². The maximum absolute atomic E-state index is 12.7. The zero-order chi connectivity index (χ0) is 18.9. The van der Waals surface area contributed by atoms with Crippen LogP contribution in [-0.4, -0.2) is 30.1 Å². The number of aromatic nitrogens is 1. The lowest BCUT2D eigenvalue weighted by molar-refractivity contribution is -0.137. The maximum Gasteiger partial charge on any atom is 0.417 e. The van der Waals surface area contributed by atoms with Crippen LogP contribution in [0.15, 0.2) is 36.5 Å². The SMILES string of the molecule is NC(=O)c1cccc(N2CCC(Oc3ncc(C(F)(F)F)cc3Cl)C2)c1. The van der Waals surface area contributed by atoms with E-state index in [0.717, 1.165) is 11.8 Å². The molecule has 0 saturated carbocycles. The Kier molecular flexibility index (Phi) is 4.95. The van der Waals surface area contributed by atoms with E-state index in [1.807, 2.05) is 11.0 Å². The first kappa shape index (κ1) is 18.3. The number of primary amides is 1. The van der Waals surface area contributed by atoms with Crippen molar-refractivity contribution in [3.63, 3.8) is 0 Å². The third-order valence-electron chi connectivity index (χ3n) is 4.05. The Balaban J connectivity index is 1.68. The van der Waals surface area contributed by atoms with Crippen molar-refractivity contribution < 1.29 is 22.7 Å². The number of carbonyl (C=O) groups excluding carboxylic acids is 1. The number of nitrogens with zero attached hydrogens (tertiary/aromatic N) is 2. The third-order valence-corrected chi connectivity index (χ3v) is 4.32. The number of pyridine rings is 1. The quantitative estimate of drug-likeness (QED) is 0.874. The van der Waals surface area contributed by atoms with Gasteiger partial charge in [-0.15, -0.1) is 0 Å². The second-order valence-corrected chi connectivity index (χ2v) is 6.31. The highest BCUT2D eigenvalue weighted by Gasteiger charge is 2.32. The molecule has 1 aromatic heterocycles. The molecule has 9 heteroatoms. The first-order valence-corrected chi connectivity index (χ1v) is 8.16. The average molecular weight is 386 g/mol. The van der Waals surface area contributed by atoms with E-state index in [4.69, 9.17) is 22.1 Å². The van der Waals surface area contributed by atoms with Crippen LogP contribution < -0.4 is 15.4 Å². The van der Waals surface area contributed by atoms with Crippen molar-refractivity contribution in [3.8, 4) is 5.88 Å². The molecule has 26 heavy (non-hydrogen) atoms. The van der Waals surface area contributed by atoms with E-state index in [0.29, 0.717) is 31.3 Å². The van der Waals surface area contributed by atoms with Gasteiger partial charge in [0.05, 0.1) is 12.1 Å². The minimum absolute atomic E-state index is 0.0302. The van der Waals surface area contributed by atoms with E-state index < -0.39 is 17.6 Å². The number of alkyl halides is 3. The van der Waals surface area contributed by atoms with Crippen molar-refractivity contribution in [3.05, 3.63) is 52.7 Å². The number of amides is 1. The largest absolute Gasteiger partial charge is 0.471 e. The molecule has 5 nitrogen and oxygen atoms in total.